The average molecular weight is 369 g/mol. The van der Waals surface area contributed by atoms with Crippen LogP contribution in [0, 0.1) is 20.8 Å². The molecule has 1 unspecified atom stereocenters. The Labute approximate surface area is 163 Å². The fraction of sp³-hybridized carbons (Fsp3) is 0.435. The number of rotatable bonds is 5. The van der Waals surface area contributed by atoms with Crippen molar-refractivity contribution in [2.45, 2.75) is 59.9 Å². The van der Waals surface area contributed by atoms with E-state index in [0.29, 0.717) is 6.61 Å². The molecule has 0 aliphatic rings. The molecule has 0 aliphatic heterocycles. The SMILES string of the molecule is Cc1cccc(C(C)(C)C)c1NC(=O)NC(C)COc1c(C)cccc1C. The molecule has 2 aromatic rings. The predicted octanol–water partition coefficient (Wildman–Crippen LogP) is 5.50. The number of aryl methyl sites for hydroxylation is 3. The number of urea groups is 1. The molecule has 0 heterocycles. The Bertz CT molecular complexity index is 786. The summed E-state index contributed by atoms with van der Waals surface area (Å²) in [5.74, 6) is 0.889. The van der Waals surface area contributed by atoms with Crippen molar-refractivity contribution in [1.82, 2.24) is 5.32 Å². The first-order chi connectivity index (χ1) is 12.6. The number of carbonyl (C=O) groups is 1. The molecule has 0 saturated carbocycles. The van der Waals surface area contributed by atoms with Crippen LogP contribution >= 0.6 is 0 Å². The minimum absolute atomic E-state index is 0.0499. The van der Waals surface area contributed by atoms with Gasteiger partial charge in [0.05, 0.1) is 6.04 Å². The highest BCUT2D eigenvalue weighted by molar-refractivity contribution is 5.91. The summed E-state index contributed by atoms with van der Waals surface area (Å²) in [6, 6.07) is 11.8. The average Bonchev–Trinajstić information content (AvgIpc) is 2.55. The van der Waals surface area contributed by atoms with Crippen molar-refractivity contribution in [2.24, 2.45) is 0 Å². The zero-order valence-electron chi connectivity index (χ0n) is 17.6. The van der Waals surface area contributed by atoms with Gasteiger partial charge in [-0.25, -0.2) is 4.79 Å². The van der Waals surface area contributed by atoms with Gasteiger partial charge < -0.3 is 15.4 Å². The van der Waals surface area contributed by atoms with Crippen molar-refractivity contribution < 1.29 is 9.53 Å². The van der Waals surface area contributed by atoms with Gasteiger partial charge in [0.2, 0.25) is 0 Å². The quantitative estimate of drug-likeness (QED) is 0.732. The number of amides is 2. The van der Waals surface area contributed by atoms with Gasteiger partial charge in [-0.1, -0.05) is 57.2 Å². The van der Waals surface area contributed by atoms with Crippen LogP contribution in [-0.2, 0) is 5.41 Å². The molecular formula is C23H32N2O2. The number of para-hydroxylation sites is 2. The van der Waals surface area contributed by atoms with Crippen LogP contribution in [0.25, 0.3) is 0 Å². The molecule has 4 heteroatoms. The van der Waals surface area contributed by atoms with Crippen molar-refractivity contribution in [3.8, 4) is 5.75 Å². The predicted molar refractivity (Wildman–Crippen MR) is 113 cm³/mol. The zero-order valence-corrected chi connectivity index (χ0v) is 17.6. The van der Waals surface area contributed by atoms with Crippen LogP contribution in [-0.4, -0.2) is 18.7 Å². The first kappa shape index (κ1) is 20.8. The highest BCUT2D eigenvalue weighted by Crippen LogP contribution is 2.31. The second-order valence-corrected chi connectivity index (χ2v) is 8.28. The van der Waals surface area contributed by atoms with E-state index in [-0.39, 0.29) is 17.5 Å². The molecule has 1 atom stereocenters. The summed E-state index contributed by atoms with van der Waals surface area (Å²) in [6.45, 7) is 14.9. The van der Waals surface area contributed by atoms with Crippen LogP contribution < -0.4 is 15.4 Å². The Morgan fingerprint density at radius 1 is 1.00 bits per heavy atom. The lowest BCUT2D eigenvalue weighted by Crippen LogP contribution is -2.40. The summed E-state index contributed by atoms with van der Waals surface area (Å²) >= 11 is 0. The summed E-state index contributed by atoms with van der Waals surface area (Å²) in [5.41, 5.74) is 5.20. The molecule has 0 fully saturated rings. The number of anilines is 1. The van der Waals surface area contributed by atoms with Crippen LogP contribution in [0.4, 0.5) is 10.5 Å². The molecule has 0 aliphatic carbocycles. The molecule has 2 rings (SSSR count). The lowest BCUT2D eigenvalue weighted by atomic mass is 9.84. The van der Waals surface area contributed by atoms with E-state index in [0.717, 1.165) is 33.7 Å². The Balaban J connectivity index is 2.00. The van der Waals surface area contributed by atoms with Gasteiger partial charge in [-0.05, 0) is 55.4 Å². The molecule has 0 bridgehead atoms. The van der Waals surface area contributed by atoms with Crippen molar-refractivity contribution in [3.63, 3.8) is 0 Å². The summed E-state index contributed by atoms with van der Waals surface area (Å²) in [5, 5.41) is 6.00. The molecule has 2 aromatic carbocycles. The molecule has 2 amide bonds. The van der Waals surface area contributed by atoms with Crippen molar-refractivity contribution >= 4 is 11.7 Å². The van der Waals surface area contributed by atoms with E-state index < -0.39 is 0 Å². The first-order valence-corrected chi connectivity index (χ1v) is 9.46. The van der Waals surface area contributed by atoms with Crippen LogP contribution in [0.1, 0.15) is 49.9 Å². The van der Waals surface area contributed by atoms with Crippen LogP contribution in [0.5, 0.6) is 5.75 Å². The van der Waals surface area contributed by atoms with Crippen LogP contribution in [0.15, 0.2) is 36.4 Å². The molecular weight excluding hydrogens is 336 g/mol. The van der Waals surface area contributed by atoms with Gasteiger partial charge in [0.15, 0.2) is 0 Å². The lowest BCUT2D eigenvalue weighted by Gasteiger charge is -2.25. The van der Waals surface area contributed by atoms with Crippen LogP contribution in [0.2, 0.25) is 0 Å². The molecule has 0 aromatic heterocycles. The van der Waals surface area contributed by atoms with E-state index in [9.17, 15) is 4.79 Å². The first-order valence-electron chi connectivity index (χ1n) is 9.46. The number of hydrogen-bond acceptors (Lipinski definition) is 2. The van der Waals surface area contributed by atoms with Gasteiger partial charge in [-0.15, -0.1) is 0 Å². The minimum atomic E-state index is -0.215. The summed E-state index contributed by atoms with van der Waals surface area (Å²) in [4.78, 5) is 12.5. The molecule has 0 saturated heterocycles. The number of benzene rings is 2. The molecule has 0 spiro atoms. The number of hydrogen-bond donors (Lipinski definition) is 2. The number of carbonyl (C=O) groups excluding carboxylic acids is 1. The largest absolute Gasteiger partial charge is 0.491 e. The van der Waals surface area contributed by atoms with E-state index in [4.69, 9.17) is 4.74 Å². The maximum Gasteiger partial charge on any atom is 0.319 e. The highest BCUT2D eigenvalue weighted by Gasteiger charge is 2.20. The summed E-state index contributed by atoms with van der Waals surface area (Å²) in [6.07, 6.45) is 0. The Kier molecular flexibility index (Phi) is 6.53. The lowest BCUT2D eigenvalue weighted by molar-refractivity contribution is 0.236. The van der Waals surface area contributed by atoms with Crippen molar-refractivity contribution in [3.05, 3.63) is 58.7 Å². The Hall–Kier alpha value is -2.49. The van der Waals surface area contributed by atoms with Crippen molar-refractivity contribution in [1.29, 1.82) is 0 Å². The van der Waals surface area contributed by atoms with Gasteiger partial charge in [0.25, 0.3) is 0 Å². The van der Waals surface area contributed by atoms with E-state index in [2.05, 4.69) is 37.5 Å². The number of nitrogens with one attached hydrogen (secondary N) is 2. The second kappa shape index (κ2) is 8.47. The van der Waals surface area contributed by atoms with Gasteiger partial charge in [-0.3, -0.25) is 0 Å². The van der Waals surface area contributed by atoms with E-state index in [1.165, 1.54) is 0 Å². The Morgan fingerprint density at radius 3 is 2.15 bits per heavy atom. The zero-order chi connectivity index (χ0) is 20.2. The normalized spacial score (nSPS) is 12.4. The fourth-order valence-corrected chi connectivity index (χ4v) is 3.11. The maximum atomic E-state index is 12.5. The van der Waals surface area contributed by atoms with Gasteiger partial charge in [-0.2, -0.15) is 0 Å². The van der Waals surface area contributed by atoms with Gasteiger partial charge >= 0.3 is 6.03 Å². The highest BCUT2D eigenvalue weighted by atomic mass is 16.5. The standard InChI is InChI=1S/C23H32N2O2/c1-15-10-9-13-19(23(5,6)7)20(15)25-22(26)24-18(4)14-27-21-16(2)11-8-12-17(21)3/h8-13,18H,14H2,1-7H3,(H2,24,25,26). The van der Waals surface area contributed by atoms with E-state index >= 15 is 0 Å². The molecule has 0 radical (unpaired) electrons. The summed E-state index contributed by atoms with van der Waals surface area (Å²) < 4.78 is 5.94. The van der Waals surface area contributed by atoms with E-state index in [1.54, 1.807) is 0 Å². The monoisotopic (exact) mass is 368 g/mol. The fourth-order valence-electron chi connectivity index (χ4n) is 3.11. The maximum absolute atomic E-state index is 12.5. The molecule has 4 nitrogen and oxygen atoms in total. The molecule has 2 N–H and O–H groups in total. The minimum Gasteiger partial charge on any atom is -0.491 e. The number of ether oxygens (including phenoxy) is 1. The third-order valence-corrected chi connectivity index (χ3v) is 4.58. The smallest absolute Gasteiger partial charge is 0.319 e. The third-order valence-electron chi connectivity index (χ3n) is 4.58. The van der Waals surface area contributed by atoms with Crippen LogP contribution in [0.3, 0.4) is 0 Å². The second-order valence-electron chi connectivity index (χ2n) is 8.28. The Morgan fingerprint density at radius 2 is 1.56 bits per heavy atom. The molecule has 146 valence electrons. The molecule has 27 heavy (non-hydrogen) atoms. The van der Waals surface area contributed by atoms with E-state index in [1.807, 2.05) is 58.0 Å². The van der Waals surface area contributed by atoms with Crippen molar-refractivity contribution in [2.75, 3.05) is 11.9 Å². The summed E-state index contributed by atoms with van der Waals surface area (Å²) in [7, 11) is 0. The van der Waals surface area contributed by atoms with Gasteiger partial charge in [0, 0.05) is 5.69 Å². The van der Waals surface area contributed by atoms with Gasteiger partial charge in [0.1, 0.15) is 12.4 Å². The third kappa shape index (κ3) is 5.49. The topological polar surface area (TPSA) is 50.4 Å².